The SMILES string of the molecule is CCOC(=O)Cc1nc(C(F)F)c(C)cc1C(F)(F)F. The Morgan fingerprint density at radius 3 is 2.45 bits per heavy atom. The van der Waals surface area contributed by atoms with E-state index in [9.17, 15) is 26.7 Å². The molecule has 0 radical (unpaired) electrons. The number of rotatable bonds is 4. The van der Waals surface area contributed by atoms with E-state index in [0.29, 0.717) is 6.07 Å². The van der Waals surface area contributed by atoms with Crippen LogP contribution >= 0.6 is 0 Å². The van der Waals surface area contributed by atoms with Crippen LogP contribution in [0.5, 0.6) is 0 Å². The molecule has 0 aliphatic carbocycles. The molecule has 0 saturated heterocycles. The van der Waals surface area contributed by atoms with Crippen molar-refractivity contribution in [2.75, 3.05) is 6.61 Å². The molecule has 0 aromatic carbocycles. The molecule has 1 heterocycles. The number of aryl methyl sites for hydroxylation is 1. The lowest BCUT2D eigenvalue weighted by atomic mass is 10.1. The molecule has 0 atom stereocenters. The van der Waals surface area contributed by atoms with Crippen LogP contribution in [0.1, 0.15) is 35.9 Å². The van der Waals surface area contributed by atoms with E-state index in [1.165, 1.54) is 6.92 Å². The van der Waals surface area contributed by atoms with Gasteiger partial charge in [0.2, 0.25) is 0 Å². The number of halogens is 5. The topological polar surface area (TPSA) is 39.2 Å². The molecule has 1 aromatic heterocycles. The Balaban J connectivity index is 3.29. The van der Waals surface area contributed by atoms with Gasteiger partial charge in [0.25, 0.3) is 6.43 Å². The van der Waals surface area contributed by atoms with Crippen LogP contribution in [-0.4, -0.2) is 17.6 Å². The minimum absolute atomic E-state index is 0.0201. The molecule has 112 valence electrons. The van der Waals surface area contributed by atoms with Gasteiger partial charge in [0.05, 0.1) is 24.3 Å². The van der Waals surface area contributed by atoms with E-state index >= 15 is 0 Å². The van der Waals surface area contributed by atoms with Crippen LogP contribution in [0.3, 0.4) is 0 Å². The van der Waals surface area contributed by atoms with Gasteiger partial charge in [-0.25, -0.2) is 8.78 Å². The van der Waals surface area contributed by atoms with Gasteiger partial charge < -0.3 is 4.74 Å². The number of aromatic nitrogens is 1. The first-order valence-electron chi connectivity index (χ1n) is 5.68. The second kappa shape index (κ2) is 6.15. The number of pyridine rings is 1. The third-order valence-electron chi connectivity index (χ3n) is 2.46. The minimum atomic E-state index is -4.78. The molecule has 0 N–H and O–H groups in total. The van der Waals surface area contributed by atoms with Crippen molar-refractivity contribution >= 4 is 5.97 Å². The maximum Gasteiger partial charge on any atom is 0.418 e. The first-order valence-corrected chi connectivity index (χ1v) is 5.68. The smallest absolute Gasteiger partial charge is 0.418 e. The third-order valence-corrected chi connectivity index (χ3v) is 2.46. The van der Waals surface area contributed by atoms with Gasteiger partial charge in [-0.15, -0.1) is 0 Å². The van der Waals surface area contributed by atoms with Crippen molar-refractivity contribution < 1.29 is 31.5 Å². The number of carbonyl (C=O) groups is 1. The van der Waals surface area contributed by atoms with E-state index in [-0.39, 0.29) is 12.2 Å². The number of alkyl halides is 5. The average Bonchev–Trinajstić information content (AvgIpc) is 2.29. The summed E-state index contributed by atoms with van der Waals surface area (Å²) in [6, 6.07) is 0.572. The summed E-state index contributed by atoms with van der Waals surface area (Å²) in [5.41, 5.74) is -3.00. The molecule has 0 amide bonds. The second-order valence-corrected chi connectivity index (χ2v) is 3.97. The molecule has 8 heteroatoms. The Morgan fingerprint density at radius 1 is 1.40 bits per heavy atom. The van der Waals surface area contributed by atoms with Gasteiger partial charge >= 0.3 is 12.1 Å². The Labute approximate surface area is 111 Å². The zero-order valence-electron chi connectivity index (χ0n) is 10.7. The average molecular weight is 297 g/mol. The Bertz CT molecular complexity index is 499. The molecule has 0 unspecified atom stereocenters. The number of carbonyl (C=O) groups excluding carboxylic acids is 1. The molecule has 0 saturated carbocycles. The summed E-state index contributed by atoms with van der Waals surface area (Å²) in [5.74, 6) is -0.949. The van der Waals surface area contributed by atoms with Gasteiger partial charge in [-0.3, -0.25) is 9.78 Å². The number of esters is 1. The maximum atomic E-state index is 12.8. The highest BCUT2D eigenvalue weighted by molar-refractivity contribution is 5.72. The van der Waals surface area contributed by atoms with Crippen LogP contribution < -0.4 is 0 Å². The quantitative estimate of drug-likeness (QED) is 0.631. The summed E-state index contributed by atoms with van der Waals surface area (Å²) in [5, 5.41) is 0. The third kappa shape index (κ3) is 3.88. The molecule has 1 rings (SSSR count). The van der Waals surface area contributed by atoms with E-state index < -0.39 is 41.9 Å². The maximum absolute atomic E-state index is 12.8. The molecule has 3 nitrogen and oxygen atoms in total. The van der Waals surface area contributed by atoms with Crippen molar-refractivity contribution in [3.8, 4) is 0 Å². The summed E-state index contributed by atoms with van der Waals surface area (Å²) in [4.78, 5) is 14.5. The molecule has 0 bridgehead atoms. The van der Waals surface area contributed by atoms with E-state index in [1.807, 2.05) is 0 Å². The Kier molecular flexibility index (Phi) is 5.02. The zero-order chi connectivity index (χ0) is 15.5. The Hall–Kier alpha value is -1.73. The normalized spacial score (nSPS) is 11.8. The zero-order valence-corrected chi connectivity index (χ0v) is 10.7. The fraction of sp³-hybridized carbons (Fsp3) is 0.500. The van der Waals surface area contributed by atoms with Crippen LogP contribution in [0.4, 0.5) is 22.0 Å². The van der Waals surface area contributed by atoms with Gasteiger partial charge in [-0.1, -0.05) is 0 Å². The van der Waals surface area contributed by atoms with Crippen LogP contribution in [0, 0.1) is 6.92 Å². The summed E-state index contributed by atoms with van der Waals surface area (Å²) >= 11 is 0. The number of hydrogen-bond acceptors (Lipinski definition) is 3. The van der Waals surface area contributed by atoms with E-state index in [4.69, 9.17) is 0 Å². The molecule has 1 aromatic rings. The van der Waals surface area contributed by atoms with Crippen LogP contribution in [0.15, 0.2) is 6.07 Å². The van der Waals surface area contributed by atoms with Crippen molar-refractivity contribution in [2.45, 2.75) is 32.9 Å². The lowest BCUT2D eigenvalue weighted by Crippen LogP contribution is -2.17. The highest BCUT2D eigenvalue weighted by Gasteiger charge is 2.36. The predicted molar refractivity (Wildman–Crippen MR) is 59.3 cm³/mol. The molecular weight excluding hydrogens is 285 g/mol. The summed E-state index contributed by atoms with van der Waals surface area (Å²) < 4.78 is 68.3. The number of ether oxygens (including phenoxy) is 1. The molecule has 0 fully saturated rings. The fourth-order valence-corrected chi connectivity index (χ4v) is 1.62. The van der Waals surface area contributed by atoms with Gasteiger partial charge in [-0.2, -0.15) is 13.2 Å². The van der Waals surface area contributed by atoms with Crippen molar-refractivity contribution in [3.63, 3.8) is 0 Å². The van der Waals surface area contributed by atoms with Gasteiger partial charge in [0, 0.05) is 0 Å². The lowest BCUT2D eigenvalue weighted by molar-refractivity contribution is -0.143. The predicted octanol–water partition coefficient (Wildman–Crippen LogP) is 3.45. The van der Waals surface area contributed by atoms with E-state index in [1.54, 1.807) is 0 Å². The molecular formula is C12H12F5NO2. The summed E-state index contributed by atoms with van der Waals surface area (Å²) in [6.45, 7) is 2.57. The largest absolute Gasteiger partial charge is 0.466 e. The molecule has 0 aliphatic heterocycles. The van der Waals surface area contributed by atoms with E-state index in [0.717, 1.165) is 6.92 Å². The van der Waals surface area contributed by atoms with Crippen molar-refractivity contribution in [1.29, 1.82) is 0 Å². The summed E-state index contributed by atoms with van der Waals surface area (Å²) in [7, 11) is 0. The summed E-state index contributed by atoms with van der Waals surface area (Å²) in [6.07, 6.45) is -8.60. The van der Waals surface area contributed by atoms with Crippen LogP contribution in [0.2, 0.25) is 0 Å². The van der Waals surface area contributed by atoms with Crippen molar-refractivity contribution in [1.82, 2.24) is 4.98 Å². The number of nitrogens with zero attached hydrogens (tertiary/aromatic N) is 1. The fourth-order valence-electron chi connectivity index (χ4n) is 1.62. The van der Waals surface area contributed by atoms with Gasteiger partial charge in [-0.05, 0) is 25.5 Å². The molecule has 0 spiro atoms. The van der Waals surface area contributed by atoms with Crippen LogP contribution in [-0.2, 0) is 22.1 Å². The highest BCUT2D eigenvalue weighted by Crippen LogP contribution is 2.34. The Morgan fingerprint density at radius 2 is 2.00 bits per heavy atom. The van der Waals surface area contributed by atoms with Crippen molar-refractivity contribution in [3.05, 3.63) is 28.6 Å². The molecule has 0 aliphatic rings. The first kappa shape index (κ1) is 16.3. The lowest BCUT2D eigenvalue weighted by Gasteiger charge is -2.15. The highest BCUT2D eigenvalue weighted by atomic mass is 19.4. The van der Waals surface area contributed by atoms with Crippen LogP contribution in [0.25, 0.3) is 0 Å². The number of hydrogen-bond donors (Lipinski definition) is 0. The minimum Gasteiger partial charge on any atom is -0.466 e. The second-order valence-electron chi connectivity index (χ2n) is 3.97. The monoisotopic (exact) mass is 297 g/mol. The van der Waals surface area contributed by atoms with Crippen molar-refractivity contribution in [2.24, 2.45) is 0 Å². The van der Waals surface area contributed by atoms with Gasteiger partial charge in [0.1, 0.15) is 5.69 Å². The van der Waals surface area contributed by atoms with Gasteiger partial charge in [0.15, 0.2) is 0 Å². The molecule has 20 heavy (non-hydrogen) atoms. The first-order chi connectivity index (χ1) is 9.16. The standard InChI is InChI=1S/C12H12F5NO2/c1-3-20-9(19)5-8-7(12(15,16)17)4-6(2)10(18-8)11(13)14/h4,11H,3,5H2,1-2H3. The van der Waals surface area contributed by atoms with E-state index in [2.05, 4.69) is 9.72 Å².